The van der Waals surface area contributed by atoms with Gasteiger partial charge >= 0.3 is 29.8 Å². The van der Waals surface area contributed by atoms with Crippen LogP contribution in [0.3, 0.4) is 0 Å². The van der Waals surface area contributed by atoms with Crippen LogP contribution in [-0.2, 0) is 52.4 Å². The van der Waals surface area contributed by atoms with E-state index in [1.54, 1.807) is 0 Å². The second kappa shape index (κ2) is 17.4. The zero-order chi connectivity index (χ0) is 29.2. The van der Waals surface area contributed by atoms with Gasteiger partial charge in [0, 0.05) is 29.9 Å². The fourth-order valence-corrected chi connectivity index (χ4v) is 2.47. The Balaban J connectivity index is 6.00. The molecule has 1 N–H and O–H groups in total. The lowest BCUT2D eigenvalue weighted by Gasteiger charge is -2.34. The smallest absolute Gasteiger partial charge is 0.333 e. The highest BCUT2D eigenvalue weighted by molar-refractivity contribution is 5.87. The van der Waals surface area contributed by atoms with Crippen LogP contribution in [-0.4, -0.2) is 87.8 Å². The van der Waals surface area contributed by atoms with E-state index in [9.17, 15) is 29.1 Å². The molecule has 0 fully saturated rings. The maximum absolute atomic E-state index is 12.1. The predicted octanol–water partition coefficient (Wildman–Crippen LogP) is 1.00. The molecule has 210 valence electrons. The molecule has 12 nitrogen and oxygen atoms in total. The van der Waals surface area contributed by atoms with Crippen molar-refractivity contribution in [1.29, 1.82) is 0 Å². The number of carbonyl (C=O) groups is 5. The predicted molar refractivity (Wildman–Crippen MR) is 133 cm³/mol. The first-order valence-corrected chi connectivity index (χ1v) is 11.1. The number of hydrogen-bond acceptors (Lipinski definition) is 12. The maximum Gasteiger partial charge on any atom is 0.333 e. The van der Waals surface area contributed by atoms with Crippen molar-refractivity contribution in [1.82, 2.24) is 0 Å². The second-order valence-electron chi connectivity index (χ2n) is 8.25. The molecule has 0 atom stereocenters. The van der Waals surface area contributed by atoms with E-state index in [1.807, 2.05) is 0 Å². The summed E-state index contributed by atoms with van der Waals surface area (Å²) in [7, 11) is 0. The summed E-state index contributed by atoms with van der Waals surface area (Å²) in [5.41, 5.74) is -2.80. The largest absolute Gasteiger partial charge is 0.462 e. The molecule has 0 spiro atoms. The van der Waals surface area contributed by atoms with Gasteiger partial charge in [0.2, 0.25) is 0 Å². The molecule has 0 saturated heterocycles. The molecule has 0 aromatic heterocycles. The second-order valence-corrected chi connectivity index (χ2v) is 8.25. The highest BCUT2D eigenvalue weighted by Crippen LogP contribution is 2.25. The van der Waals surface area contributed by atoms with Gasteiger partial charge in [-0.1, -0.05) is 32.9 Å². The molecule has 0 aromatic rings. The Morgan fingerprint density at radius 2 is 0.921 bits per heavy atom. The van der Waals surface area contributed by atoms with Gasteiger partial charge in [0.1, 0.15) is 33.0 Å². The molecule has 0 heterocycles. The average molecular weight is 539 g/mol. The lowest BCUT2D eigenvalue weighted by Crippen LogP contribution is -2.46. The molecular weight excluding hydrogens is 504 g/mol. The third kappa shape index (κ3) is 12.8. The first-order chi connectivity index (χ1) is 17.9. The van der Waals surface area contributed by atoms with Crippen molar-refractivity contribution < 1.29 is 57.5 Å². The van der Waals surface area contributed by atoms with Crippen LogP contribution in [0.15, 0.2) is 62.8 Å². The molecule has 0 aromatic carbocycles. The summed E-state index contributed by atoms with van der Waals surface area (Å²) < 4.78 is 31.3. The fraction of sp³-hybridized carbons (Fsp3) is 0.423. The van der Waals surface area contributed by atoms with Gasteiger partial charge in [-0.3, -0.25) is 0 Å². The summed E-state index contributed by atoms with van der Waals surface area (Å²) in [6.45, 7) is 14.5. The first-order valence-electron chi connectivity index (χ1n) is 11.1. The van der Waals surface area contributed by atoms with E-state index < -0.39 is 80.3 Å². The Morgan fingerprint density at radius 1 is 0.605 bits per heavy atom. The molecule has 0 radical (unpaired) electrons. The van der Waals surface area contributed by atoms with Crippen molar-refractivity contribution in [3.05, 3.63) is 62.8 Å². The van der Waals surface area contributed by atoms with Gasteiger partial charge < -0.3 is 33.5 Å². The highest BCUT2D eigenvalue weighted by Gasteiger charge is 2.39. The lowest BCUT2D eigenvalue weighted by molar-refractivity contribution is -0.167. The molecule has 12 heteroatoms. The van der Waals surface area contributed by atoms with Crippen LogP contribution in [0.25, 0.3) is 0 Å². The van der Waals surface area contributed by atoms with Crippen LogP contribution in [0, 0.1) is 10.8 Å². The minimum absolute atomic E-state index is 0.0818. The monoisotopic (exact) mass is 538 g/mol. The zero-order valence-corrected chi connectivity index (χ0v) is 21.4. The third-order valence-corrected chi connectivity index (χ3v) is 4.76. The fourth-order valence-electron chi connectivity index (χ4n) is 2.47. The molecule has 0 unspecified atom stereocenters. The molecule has 0 bridgehead atoms. The molecular formula is C26H34O12. The van der Waals surface area contributed by atoms with Crippen molar-refractivity contribution in [2.75, 3.05) is 52.9 Å². The summed E-state index contributed by atoms with van der Waals surface area (Å²) >= 11 is 0. The molecule has 0 aliphatic carbocycles. The molecule has 0 saturated carbocycles. The maximum atomic E-state index is 12.1. The third-order valence-electron chi connectivity index (χ3n) is 4.76. The van der Waals surface area contributed by atoms with Crippen LogP contribution < -0.4 is 0 Å². The van der Waals surface area contributed by atoms with Crippen molar-refractivity contribution in [3.63, 3.8) is 0 Å². The molecule has 38 heavy (non-hydrogen) atoms. The van der Waals surface area contributed by atoms with Crippen molar-refractivity contribution in [2.45, 2.75) is 6.92 Å². The van der Waals surface area contributed by atoms with Crippen molar-refractivity contribution in [3.8, 4) is 0 Å². The summed E-state index contributed by atoms with van der Waals surface area (Å²) in [5, 5.41) is 10.1. The van der Waals surface area contributed by atoms with E-state index in [-0.39, 0.29) is 18.8 Å². The first kappa shape index (κ1) is 34.0. The average Bonchev–Trinajstić information content (AvgIpc) is 2.93. The van der Waals surface area contributed by atoms with Gasteiger partial charge in [-0.15, -0.1) is 0 Å². The van der Waals surface area contributed by atoms with Gasteiger partial charge in [-0.25, -0.2) is 24.0 Å². The molecule has 0 aliphatic heterocycles. The Hall–Kier alpha value is -4.03. The number of rotatable bonds is 20. The SMILES string of the molecule is C=CC(=O)OCC(CO)(COCC(COC(=O)C=C)(COC(=O)C=C)COC(=O)C(=C)C)COC(=O)C=C. The van der Waals surface area contributed by atoms with E-state index in [2.05, 4.69) is 32.9 Å². The van der Waals surface area contributed by atoms with Crippen LogP contribution in [0.1, 0.15) is 6.92 Å². The molecule has 0 amide bonds. The number of carbonyl (C=O) groups excluding carboxylic acids is 5. The minimum atomic E-state index is -1.45. The zero-order valence-electron chi connectivity index (χ0n) is 21.4. The van der Waals surface area contributed by atoms with E-state index in [1.165, 1.54) is 6.92 Å². The van der Waals surface area contributed by atoms with Crippen molar-refractivity contribution >= 4 is 29.8 Å². The van der Waals surface area contributed by atoms with Crippen molar-refractivity contribution in [2.24, 2.45) is 10.8 Å². The lowest BCUT2D eigenvalue weighted by atomic mass is 9.90. The Morgan fingerprint density at radius 3 is 1.24 bits per heavy atom. The number of ether oxygens (including phenoxy) is 6. The normalized spacial score (nSPS) is 10.8. The summed E-state index contributed by atoms with van der Waals surface area (Å²) in [6.07, 6.45) is 3.61. The van der Waals surface area contributed by atoms with Crippen LogP contribution in [0.5, 0.6) is 0 Å². The highest BCUT2D eigenvalue weighted by atomic mass is 16.6. The van der Waals surface area contributed by atoms with Gasteiger partial charge in [-0.05, 0) is 6.92 Å². The summed E-state index contributed by atoms with van der Waals surface area (Å²) in [4.78, 5) is 58.8. The number of aliphatic hydroxyl groups is 1. The van der Waals surface area contributed by atoms with Crippen LogP contribution in [0.2, 0.25) is 0 Å². The van der Waals surface area contributed by atoms with Gasteiger partial charge in [0.25, 0.3) is 0 Å². The Labute approximate surface area is 221 Å². The molecule has 0 aliphatic rings. The van der Waals surface area contributed by atoms with E-state index in [0.717, 1.165) is 24.3 Å². The topological polar surface area (TPSA) is 161 Å². The van der Waals surface area contributed by atoms with Gasteiger partial charge in [0.05, 0.1) is 30.7 Å². The number of aliphatic hydroxyl groups excluding tert-OH is 1. The van der Waals surface area contributed by atoms with Crippen LogP contribution >= 0.6 is 0 Å². The van der Waals surface area contributed by atoms with Gasteiger partial charge in [0.15, 0.2) is 0 Å². The van der Waals surface area contributed by atoms with Gasteiger partial charge in [-0.2, -0.15) is 0 Å². The summed E-state index contributed by atoms with van der Waals surface area (Å²) in [6, 6.07) is 0. The Bertz CT molecular complexity index is 869. The number of hydrogen-bond donors (Lipinski definition) is 1. The summed E-state index contributed by atoms with van der Waals surface area (Å²) in [5.74, 6) is -3.99. The van der Waals surface area contributed by atoms with E-state index in [4.69, 9.17) is 28.4 Å². The van der Waals surface area contributed by atoms with Crippen LogP contribution in [0.4, 0.5) is 0 Å². The minimum Gasteiger partial charge on any atom is -0.462 e. The van der Waals surface area contributed by atoms with E-state index in [0.29, 0.717) is 0 Å². The quantitative estimate of drug-likeness (QED) is 0.133. The Kier molecular flexibility index (Phi) is 15.6. The number of esters is 5. The van der Waals surface area contributed by atoms with E-state index >= 15 is 0 Å². The molecule has 0 rings (SSSR count). The standard InChI is InChI=1S/C26H34O12/c1-7-20(28)34-14-25(11-27,15-35-21(29)8-2)12-33-13-26(16-36-22(30)9-3,17-37-23(31)10-4)18-38-24(32)19(5)6/h7-10,27H,1-5,11-18H2,6H3.